The number of allylic oxidation sites excluding steroid dienone is 1. The summed E-state index contributed by atoms with van der Waals surface area (Å²) in [5.74, 6) is 0. The molecule has 0 radical (unpaired) electrons. The van der Waals surface area contributed by atoms with Crippen LogP contribution in [-0.2, 0) is 0 Å². The Labute approximate surface area is 62.4 Å². The molecule has 0 aliphatic carbocycles. The topological polar surface area (TPSA) is 36.2 Å². The van der Waals surface area contributed by atoms with Gasteiger partial charge < -0.3 is 0 Å². The van der Waals surface area contributed by atoms with Crippen LogP contribution in [-0.4, -0.2) is 12.1 Å². The maximum Gasteiger partial charge on any atom is 0.107 e. The fourth-order valence-corrected chi connectivity index (χ4v) is 0.756. The standard InChI is InChI=1S/C5H7IN2/c1-5(2-3-6)8-4-7/h2-4,7H,1H3/b3-2-,7-4?,8-5?. The average Bonchev–Trinajstić information content (AvgIpc) is 1.68. The highest BCUT2D eigenvalue weighted by molar-refractivity contribution is 14.1. The van der Waals surface area contributed by atoms with E-state index >= 15 is 0 Å². The maximum atomic E-state index is 6.56. The van der Waals surface area contributed by atoms with Gasteiger partial charge >= 0.3 is 0 Å². The van der Waals surface area contributed by atoms with Crippen LogP contribution in [0, 0.1) is 5.41 Å². The first-order valence-corrected chi connectivity index (χ1v) is 3.36. The summed E-state index contributed by atoms with van der Waals surface area (Å²) in [7, 11) is 0. The van der Waals surface area contributed by atoms with Crippen molar-refractivity contribution in [3.05, 3.63) is 10.2 Å². The van der Waals surface area contributed by atoms with Crippen LogP contribution in [0.25, 0.3) is 0 Å². The van der Waals surface area contributed by atoms with E-state index in [1.807, 2.05) is 17.1 Å². The highest BCUT2D eigenvalue weighted by Gasteiger charge is 1.74. The quantitative estimate of drug-likeness (QED) is 0.421. The molecule has 0 atom stereocenters. The molecule has 3 heteroatoms. The first-order valence-electron chi connectivity index (χ1n) is 2.11. The number of aliphatic imine (C=N–C) groups is 1. The Kier molecular flexibility index (Phi) is 4.84. The van der Waals surface area contributed by atoms with E-state index in [1.165, 1.54) is 0 Å². The second-order valence-corrected chi connectivity index (χ2v) is 1.91. The molecule has 0 aromatic carbocycles. The lowest BCUT2D eigenvalue weighted by Gasteiger charge is -1.80. The summed E-state index contributed by atoms with van der Waals surface area (Å²) in [6.45, 7) is 1.85. The van der Waals surface area contributed by atoms with E-state index in [2.05, 4.69) is 27.6 Å². The summed E-state index contributed by atoms with van der Waals surface area (Å²) in [6, 6.07) is 0. The molecular weight excluding hydrogens is 215 g/mol. The summed E-state index contributed by atoms with van der Waals surface area (Å²) < 4.78 is 1.86. The minimum absolute atomic E-state index is 0.856. The van der Waals surface area contributed by atoms with Crippen LogP contribution in [0.15, 0.2) is 15.2 Å². The minimum Gasteiger partial charge on any atom is -0.290 e. The molecule has 0 unspecified atom stereocenters. The van der Waals surface area contributed by atoms with E-state index in [-0.39, 0.29) is 0 Å². The van der Waals surface area contributed by atoms with Crippen LogP contribution < -0.4 is 0 Å². The van der Waals surface area contributed by atoms with Crippen molar-refractivity contribution < 1.29 is 0 Å². The fourth-order valence-electron chi connectivity index (χ4n) is 0.236. The van der Waals surface area contributed by atoms with Crippen molar-refractivity contribution in [2.24, 2.45) is 4.99 Å². The van der Waals surface area contributed by atoms with Gasteiger partial charge in [-0.1, -0.05) is 22.6 Å². The maximum absolute atomic E-state index is 6.56. The lowest BCUT2D eigenvalue weighted by molar-refractivity contribution is 1.51. The molecule has 1 N–H and O–H groups in total. The molecule has 0 aliphatic rings. The molecular formula is C5H7IN2. The van der Waals surface area contributed by atoms with Gasteiger partial charge in [-0.05, 0) is 17.1 Å². The predicted octanol–water partition coefficient (Wildman–Crippen LogP) is 2.00. The van der Waals surface area contributed by atoms with E-state index < -0.39 is 0 Å². The van der Waals surface area contributed by atoms with Crippen LogP contribution in [0.2, 0.25) is 0 Å². The lowest BCUT2D eigenvalue weighted by Crippen LogP contribution is -1.81. The molecule has 0 heterocycles. The van der Waals surface area contributed by atoms with Crippen molar-refractivity contribution in [1.82, 2.24) is 0 Å². The number of hydrogen-bond acceptors (Lipinski definition) is 1. The Bertz CT molecular complexity index is 126. The summed E-state index contributed by atoms with van der Waals surface area (Å²) >= 11 is 2.11. The SMILES string of the molecule is CC(/C=C\I)=NC=N. The lowest BCUT2D eigenvalue weighted by atomic mass is 10.4. The Morgan fingerprint density at radius 2 is 2.38 bits per heavy atom. The van der Waals surface area contributed by atoms with Gasteiger partial charge in [-0.2, -0.15) is 0 Å². The number of rotatable bonds is 2. The molecule has 0 saturated carbocycles. The van der Waals surface area contributed by atoms with Gasteiger partial charge in [-0.3, -0.25) is 5.41 Å². The van der Waals surface area contributed by atoms with Crippen molar-refractivity contribution in [3.63, 3.8) is 0 Å². The number of halogens is 1. The van der Waals surface area contributed by atoms with E-state index in [1.54, 1.807) is 0 Å². The fraction of sp³-hybridized carbons (Fsp3) is 0.200. The van der Waals surface area contributed by atoms with E-state index in [9.17, 15) is 0 Å². The molecule has 8 heavy (non-hydrogen) atoms. The molecule has 0 saturated heterocycles. The van der Waals surface area contributed by atoms with Crippen molar-refractivity contribution in [3.8, 4) is 0 Å². The van der Waals surface area contributed by atoms with Crippen LogP contribution in [0.3, 0.4) is 0 Å². The van der Waals surface area contributed by atoms with Gasteiger partial charge in [0.05, 0.1) is 0 Å². The highest BCUT2D eigenvalue weighted by Crippen LogP contribution is 1.85. The van der Waals surface area contributed by atoms with Gasteiger partial charge in [-0.25, -0.2) is 4.99 Å². The van der Waals surface area contributed by atoms with Crippen molar-refractivity contribution in [2.75, 3.05) is 0 Å². The second-order valence-electron chi connectivity index (χ2n) is 1.19. The van der Waals surface area contributed by atoms with E-state index in [0.29, 0.717) is 0 Å². The Morgan fingerprint density at radius 3 is 2.75 bits per heavy atom. The Morgan fingerprint density at radius 1 is 1.75 bits per heavy atom. The van der Waals surface area contributed by atoms with Crippen LogP contribution in [0.5, 0.6) is 0 Å². The van der Waals surface area contributed by atoms with Crippen molar-refractivity contribution in [1.29, 1.82) is 5.41 Å². The molecule has 2 nitrogen and oxygen atoms in total. The van der Waals surface area contributed by atoms with Gasteiger partial charge in [0, 0.05) is 5.71 Å². The summed E-state index contributed by atoms with van der Waals surface area (Å²) in [6.07, 6.45) is 2.87. The van der Waals surface area contributed by atoms with Crippen LogP contribution >= 0.6 is 22.6 Å². The Balaban J connectivity index is 3.79. The molecule has 0 rings (SSSR count). The minimum atomic E-state index is 0.856. The zero-order valence-corrected chi connectivity index (χ0v) is 6.71. The van der Waals surface area contributed by atoms with E-state index in [0.717, 1.165) is 12.1 Å². The third-order valence-corrected chi connectivity index (χ3v) is 0.932. The zero-order chi connectivity index (χ0) is 6.41. The van der Waals surface area contributed by atoms with Gasteiger partial charge in [-0.15, -0.1) is 0 Å². The molecule has 0 aliphatic heterocycles. The molecule has 0 amide bonds. The third kappa shape index (κ3) is 3.98. The smallest absolute Gasteiger partial charge is 0.107 e. The zero-order valence-electron chi connectivity index (χ0n) is 4.56. The van der Waals surface area contributed by atoms with Gasteiger partial charge in [0.1, 0.15) is 6.34 Å². The summed E-state index contributed by atoms with van der Waals surface area (Å²) in [5.41, 5.74) is 0.856. The molecule has 0 aromatic heterocycles. The van der Waals surface area contributed by atoms with Gasteiger partial charge in [0.2, 0.25) is 0 Å². The normalized spacial score (nSPS) is 12.5. The first kappa shape index (κ1) is 7.81. The predicted molar refractivity (Wildman–Crippen MR) is 45.1 cm³/mol. The second kappa shape index (κ2) is 4.96. The van der Waals surface area contributed by atoms with Crippen molar-refractivity contribution in [2.45, 2.75) is 6.92 Å². The molecule has 0 bridgehead atoms. The largest absolute Gasteiger partial charge is 0.290 e. The number of nitrogens with zero attached hydrogens (tertiary/aromatic N) is 1. The number of nitrogens with one attached hydrogen (secondary N) is 1. The summed E-state index contributed by atoms with van der Waals surface area (Å²) in [5, 5.41) is 6.56. The monoisotopic (exact) mass is 222 g/mol. The van der Waals surface area contributed by atoms with Crippen LogP contribution in [0.4, 0.5) is 0 Å². The molecule has 0 aromatic rings. The third-order valence-electron chi connectivity index (χ3n) is 0.572. The first-order chi connectivity index (χ1) is 3.81. The molecule has 0 fully saturated rings. The van der Waals surface area contributed by atoms with Gasteiger partial charge in [0.25, 0.3) is 0 Å². The Hall–Kier alpha value is -0.190. The number of hydrogen-bond donors (Lipinski definition) is 1. The average molecular weight is 222 g/mol. The molecule has 0 spiro atoms. The highest BCUT2D eigenvalue weighted by atomic mass is 127. The van der Waals surface area contributed by atoms with Gasteiger partial charge in [0.15, 0.2) is 0 Å². The summed E-state index contributed by atoms with van der Waals surface area (Å²) in [4.78, 5) is 3.68. The van der Waals surface area contributed by atoms with Crippen molar-refractivity contribution >= 4 is 34.6 Å². The van der Waals surface area contributed by atoms with E-state index in [4.69, 9.17) is 5.41 Å². The van der Waals surface area contributed by atoms with Crippen LogP contribution in [0.1, 0.15) is 6.92 Å². The molecule has 44 valence electrons.